The van der Waals surface area contributed by atoms with E-state index < -0.39 is 0 Å². The van der Waals surface area contributed by atoms with Crippen LogP contribution in [0.4, 0.5) is 4.39 Å². The molecule has 0 aliphatic carbocycles. The minimum atomic E-state index is -0.316. The van der Waals surface area contributed by atoms with E-state index in [2.05, 4.69) is 0 Å². The Hall–Kier alpha value is -2.36. The molecule has 0 radical (unpaired) electrons. The van der Waals surface area contributed by atoms with E-state index in [9.17, 15) is 9.60 Å². The van der Waals surface area contributed by atoms with Crippen LogP contribution in [0.15, 0.2) is 42.6 Å². The molecule has 0 atom stereocenters. The van der Waals surface area contributed by atoms with Crippen molar-refractivity contribution in [3.8, 4) is 5.75 Å². The van der Waals surface area contributed by atoms with Crippen molar-refractivity contribution in [1.29, 1.82) is 0 Å². The molecule has 1 aliphatic heterocycles. The van der Waals surface area contributed by atoms with E-state index >= 15 is 0 Å². The van der Waals surface area contributed by atoms with Gasteiger partial charge in [-0.2, -0.15) is 4.73 Å². The molecule has 1 aromatic carbocycles. The normalized spacial score (nSPS) is 16.1. The zero-order valence-corrected chi connectivity index (χ0v) is 13.6. The monoisotopic (exact) mass is 313 g/mol. The van der Waals surface area contributed by atoms with Gasteiger partial charge in [0.15, 0.2) is 6.20 Å². The SMILES string of the molecule is CCc1cc(F)cc2c1OCC(C)(C)C=C2c1cccc[n+]1[O-]. The largest absolute Gasteiger partial charge is 0.618 e. The number of fused-ring (bicyclic) bond motifs is 1. The number of ether oxygens (including phenoxy) is 1. The topological polar surface area (TPSA) is 36.2 Å². The van der Waals surface area contributed by atoms with Crippen molar-refractivity contribution in [2.24, 2.45) is 5.41 Å². The zero-order chi connectivity index (χ0) is 16.6. The summed E-state index contributed by atoms with van der Waals surface area (Å²) in [4.78, 5) is 0. The third kappa shape index (κ3) is 2.93. The van der Waals surface area contributed by atoms with Crippen LogP contribution >= 0.6 is 0 Å². The Kier molecular flexibility index (Phi) is 3.84. The van der Waals surface area contributed by atoms with Crippen LogP contribution in [0.2, 0.25) is 0 Å². The maximum absolute atomic E-state index is 14.1. The van der Waals surface area contributed by atoms with Gasteiger partial charge in [0.1, 0.15) is 11.6 Å². The highest BCUT2D eigenvalue weighted by atomic mass is 19.1. The highest BCUT2D eigenvalue weighted by Crippen LogP contribution is 2.40. The Balaban J connectivity index is 2.31. The van der Waals surface area contributed by atoms with Crippen molar-refractivity contribution in [3.63, 3.8) is 0 Å². The Bertz CT molecular complexity index is 781. The van der Waals surface area contributed by atoms with Crippen LogP contribution in [-0.2, 0) is 6.42 Å². The molecule has 1 aliphatic rings. The molecule has 0 saturated carbocycles. The summed E-state index contributed by atoms with van der Waals surface area (Å²) in [6.07, 6.45) is 4.12. The average Bonchev–Trinajstić information content (AvgIpc) is 2.64. The molecule has 1 aromatic heterocycles. The molecule has 0 amide bonds. The first-order valence-electron chi connectivity index (χ1n) is 7.78. The fourth-order valence-corrected chi connectivity index (χ4v) is 2.90. The van der Waals surface area contributed by atoms with Crippen LogP contribution in [0.3, 0.4) is 0 Å². The van der Waals surface area contributed by atoms with Gasteiger partial charge in [0.2, 0.25) is 5.69 Å². The molecule has 0 N–H and O–H groups in total. The van der Waals surface area contributed by atoms with Crippen LogP contribution in [-0.4, -0.2) is 6.61 Å². The predicted molar refractivity (Wildman–Crippen MR) is 87.5 cm³/mol. The van der Waals surface area contributed by atoms with E-state index in [1.807, 2.05) is 32.9 Å². The minimum absolute atomic E-state index is 0.265. The lowest BCUT2D eigenvalue weighted by Gasteiger charge is -2.19. The lowest BCUT2D eigenvalue weighted by molar-refractivity contribution is -0.607. The van der Waals surface area contributed by atoms with E-state index in [1.54, 1.807) is 12.1 Å². The van der Waals surface area contributed by atoms with E-state index in [0.29, 0.717) is 35.6 Å². The van der Waals surface area contributed by atoms with Gasteiger partial charge < -0.3 is 9.94 Å². The molecule has 0 unspecified atom stereocenters. The number of halogens is 1. The number of aromatic nitrogens is 1. The lowest BCUT2D eigenvalue weighted by Crippen LogP contribution is -2.30. The van der Waals surface area contributed by atoms with E-state index in [0.717, 1.165) is 10.3 Å². The van der Waals surface area contributed by atoms with Gasteiger partial charge in [-0.05, 0) is 30.2 Å². The first-order chi connectivity index (χ1) is 10.9. The Labute approximate surface area is 135 Å². The van der Waals surface area contributed by atoms with Gasteiger partial charge in [0.05, 0.1) is 12.2 Å². The van der Waals surface area contributed by atoms with Gasteiger partial charge in [0, 0.05) is 23.1 Å². The number of rotatable bonds is 2. The number of nitrogens with zero attached hydrogens (tertiary/aromatic N) is 1. The summed E-state index contributed by atoms with van der Waals surface area (Å²) >= 11 is 0. The van der Waals surface area contributed by atoms with E-state index in [-0.39, 0.29) is 11.2 Å². The molecular weight excluding hydrogens is 293 g/mol. The molecule has 3 nitrogen and oxygen atoms in total. The maximum atomic E-state index is 14.1. The summed E-state index contributed by atoms with van der Waals surface area (Å²) < 4.78 is 20.9. The summed E-state index contributed by atoms with van der Waals surface area (Å²) in [5.41, 5.74) is 2.41. The average molecular weight is 313 g/mol. The van der Waals surface area contributed by atoms with Gasteiger partial charge in [-0.15, -0.1) is 0 Å². The third-order valence-electron chi connectivity index (χ3n) is 4.03. The third-order valence-corrected chi connectivity index (χ3v) is 4.03. The van der Waals surface area contributed by atoms with Crippen molar-refractivity contribution >= 4 is 5.57 Å². The van der Waals surface area contributed by atoms with Crippen LogP contribution < -0.4 is 9.47 Å². The molecule has 0 saturated heterocycles. The molecule has 0 spiro atoms. The van der Waals surface area contributed by atoms with E-state index in [4.69, 9.17) is 4.74 Å². The summed E-state index contributed by atoms with van der Waals surface area (Å²) in [6.45, 7) is 6.53. The first-order valence-corrected chi connectivity index (χ1v) is 7.78. The van der Waals surface area contributed by atoms with Gasteiger partial charge in [-0.25, -0.2) is 4.39 Å². The number of hydrogen-bond acceptors (Lipinski definition) is 2. The van der Waals surface area contributed by atoms with Gasteiger partial charge in [-0.3, -0.25) is 0 Å². The Morgan fingerprint density at radius 1 is 1.30 bits per heavy atom. The smallest absolute Gasteiger partial charge is 0.224 e. The molecule has 120 valence electrons. The Morgan fingerprint density at radius 3 is 2.78 bits per heavy atom. The van der Waals surface area contributed by atoms with Crippen molar-refractivity contribution < 1.29 is 13.9 Å². The molecule has 0 fully saturated rings. The summed E-state index contributed by atoms with van der Waals surface area (Å²) in [7, 11) is 0. The highest BCUT2D eigenvalue weighted by molar-refractivity contribution is 5.82. The quantitative estimate of drug-likeness (QED) is 0.623. The second-order valence-corrected chi connectivity index (χ2v) is 6.54. The summed E-state index contributed by atoms with van der Waals surface area (Å²) in [6, 6.07) is 8.20. The standard InChI is InChI=1S/C19H20FNO2/c1-4-13-9-14(20)10-15-16(17-7-5-6-8-21(17)22)11-19(2,3)12-23-18(13)15/h5-11H,4,12H2,1-3H3. The highest BCUT2D eigenvalue weighted by Gasteiger charge is 2.29. The van der Waals surface area contributed by atoms with Gasteiger partial charge in [0.25, 0.3) is 0 Å². The molecule has 4 heteroatoms. The van der Waals surface area contributed by atoms with Gasteiger partial charge >= 0.3 is 0 Å². The van der Waals surface area contributed by atoms with Crippen molar-refractivity contribution in [2.75, 3.05) is 6.61 Å². The molecule has 0 bridgehead atoms. The fraction of sp³-hybridized carbons (Fsp3) is 0.316. The second kappa shape index (κ2) is 5.69. The predicted octanol–water partition coefficient (Wildman–Crippen LogP) is 3.87. The van der Waals surface area contributed by atoms with Crippen LogP contribution in [0.1, 0.15) is 37.6 Å². The molecular formula is C19H20FNO2. The Morgan fingerprint density at radius 2 is 2.09 bits per heavy atom. The van der Waals surface area contributed by atoms with E-state index in [1.165, 1.54) is 18.3 Å². The zero-order valence-electron chi connectivity index (χ0n) is 13.6. The number of benzene rings is 1. The van der Waals surface area contributed by atoms with Crippen molar-refractivity contribution in [3.05, 3.63) is 70.5 Å². The minimum Gasteiger partial charge on any atom is -0.618 e. The van der Waals surface area contributed by atoms with Gasteiger partial charge in [-0.1, -0.05) is 26.8 Å². The summed E-state index contributed by atoms with van der Waals surface area (Å²) in [5, 5.41) is 12.2. The number of hydrogen-bond donors (Lipinski definition) is 0. The number of pyridine rings is 1. The maximum Gasteiger partial charge on any atom is 0.224 e. The van der Waals surface area contributed by atoms with Crippen LogP contribution in [0.25, 0.3) is 5.57 Å². The first kappa shape index (κ1) is 15.5. The van der Waals surface area contributed by atoms with Crippen LogP contribution in [0, 0.1) is 16.4 Å². The lowest BCUT2D eigenvalue weighted by atomic mass is 9.88. The molecule has 3 rings (SSSR count). The number of aryl methyl sites for hydroxylation is 1. The summed E-state index contributed by atoms with van der Waals surface area (Å²) in [5.74, 6) is 0.359. The molecule has 2 aromatic rings. The fourth-order valence-electron chi connectivity index (χ4n) is 2.90. The molecule has 23 heavy (non-hydrogen) atoms. The van der Waals surface area contributed by atoms with Crippen LogP contribution in [0.5, 0.6) is 5.75 Å². The van der Waals surface area contributed by atoms with Crippen molar-refractivity contribution in [1.82, 2.24) is 0 Å². The second-order valence-electron chi connectivity index (χ2n) is 6.54. The molecule has 2 heterocycles. The van der Waals surface area contributed by atoms with Crippen molar-refractivity contribution in [2.45, 2.75) is 27.2 Å².